The van der Waals surface area contributed by atoms with Gasteiger partial charge in [0.25, 0.3) is 5.91 Å². The van der Waals surface area contributed by atoms with Crippen LogP contribution in [0.4, 0.5) is 11.4 Å². The van der Waals surface area contributed by atoms with Crippen molar-refractivity contribution in [3.05, 3.63) is 22.2 Å². The van der Waals surface area contributed by atoms with Crippen LogP contribution in [0.3, 0.4) is 0 Å². The van der Waals surface area contributed by atoms with E-state index in [1.165, 1.54) is 17.0 Å². The fourth-order valence-corrected chi connectivity index (χ4v) is 1.98. The van der Waals surface area contributed by atoms with E-state index in [-0.39, 0.29) is 29.2 Å². The number of ether oxygens (including phenoxy) is 1. The molecule has 9 nitrogen and oxygen atoms in total. The highest BCUT2D eigenvalue weighted by Gasteiger charge is 2.27. The number of benzene rings is 1. The molecule has 98 valence electrons. The van der Waals surface area contributed by atoms with E-state index in [0.29, 0.717) is 18.8 Å². The van der Waals surface area contributed by atoms with Crippen molar-refractivity contribution in [2.45, 2.75) is 0 Å². The SMILES string of the molecule is O=C1COCCN1c1ccc([N+](=O)[O-])c2nonc12. The predicted molar refractivity (Wildman–Crippen MR) is 61.6 cm³/mol. The van der Waals surface area contributed by atoms with Crippen molar-refractivity contribution in [2.75, 3.05) is 24.7 Å². The Bertz CT molecular complexity index is 667. The van der Waals surface area contributed by atoms with Gasteiger partial charge in [-0.25, -0.2) is 4.63 Å². The van der Waals surface area contributed by atoms with Gasteiger partial charge in [0.05, 0.1) is 17.2 Å². The topological polar surface area (TPSA) is 112 Å². The lowest BCUT2D eigenvalue weighted by Crippen LogP contribution is -2.41. The minimum absolute atomic E-state index is 0.0240. The predicted octanol–water partition coefficient (Wildman–Crippen LogP) is 0.494. The maximum absolute atomic E-state index is 11.8. The van der Waals surface area contributed by atoms with Gasteiger partial charge in [0.2, 0.25) is 5.52 Å². The maximum atomic E-state index is 11.8. The molecule has 0 radical (unpaired) electrons. The smallest absolute Gasteiger partial charge is 0.300 e. The number of nitrogens with zero attached hydrogens (tertiary/aromatic N) is 4. The van der Waals surface area contributed by atoms with Gasteiger partial charge in [0.15, 0.2) is 5.52 Å². The molecule has 0 aliphatic carbocycles. The molecule has 1 saturated heterocycles. The molecule has 0 unspecified atom stereocenters. The third-order valence-electron chi connectivity index (χ3n) is 2.85. The molecule has 1 aromatic carbocycles. The number of non-ortho nitro benzene ring substituents is 1. The van der Waals surface area contributed by atoms with Gasteiger partial charge in [-0.3, -0.25) is 14.9 Å². The quantitative estimate of drug-likeness (QED) is 0.573. The van der Waals surface area contributed by atoms with Crippen LogP contribution in [-0.2, 0) is 9.53 Å². The van der Waals surface area contributed by atoms with E-state index in [0.717, 1.165) is 0 Å². The molecular weight excluding hydrogens is 256 g/mol. The number of carbonyl (C=O) groups is 1. The summed E-state index contributed by atoms with van der Waals surface area (Å²) in [6, 6.07) is 2.75. The van der Waals surface area contributed by atoms with Crippen LogP contribution in [0.15, 0.2) is 16.8 Å². The van der Waals surface area contributed by atoms with E-state index in [4.69, 9.17) is 4.74 Å². The minimum atomic E-state index is -0.572. The Hall–Kier alpha value is -2.55. The zero-order chi connectivity index (χ0) is 13.4. The van der Waals surface area contributed by atoms with E-state index >= 15 is 0 Å². The zero-order valence-electron chi connectivity index (χ0n) is 9.61. The summed E-state index contributed by atoms with van der Waals surface area (Å²) in [4.78, 5) is 23.5. The molecule has 1 fully saturated rings. The van der Waals surface area contributed by atoms with Crippen LogP contribution >= 0.6 is 0 Å². The lowest BCUT2D eigenvalue weighted by atomic mass is 10.2. The van der Waals surface area contributed by atoms with Crippen molar-refractivity contribution in [3.8, 4) is 0 Å². The Morgan fingerprint density at radius 3 is 2.84 bits per heavy atom. The number of nitro benzene ring substituents is 1. The van der Waals surface area contributed by atoms with Gasteiger partial charge in [-0.05, 0) is 16.4 Å². The Kier molecular flexibility index (Phi) is 2.60. The molecule has 0 bridgehead atoms. The monoisotopic (exact) mass is 264 g/mol. The summed E-state index contributed by atoms with van der Waals surface area (Å²) in [5.41, 5.74) is 0.460. The zero-order valence-corrected chi connectivity index (χ0v) is 9.61. The molecule has 0 saturated carbocycles. The third-order valence-corrected chi connectivity index (χ3v) is 2.85. The molecule has 0 N–H and O–H groups in total. The lowest BCUT2D eigenvalue weighted by Gasteiger charge is -2.26. The fraction of sp³-hybridized carbons (Fsp3) is 0.300. The molecule has 1 aromatic heterocycles. The summed E-state index contributed by atoms with van der Waals surface area (Å²) < 4.78 is 9.58. The number of fused-ring (bicyclic) bond motifs is 1. The van der Waals surface area contributed by atoms with Crippen LogP contribution < -0.4 is 4.90 Å². The summed E-state index contributed by atoms with van der Waals surface area (Å²) >= 11 is 0. The number of nitro groups is 1. The van der Waals surface area contributed by atoms with Crippen molar-refractivity contribution in [1.82, 2.24) is 10.3 Å². The molecule has 9 heteroatoms. The van der Waals surface area contributed by atoms with Gasteiger partial charge >= 0.3 is 5.69 Å². The third kappa shape index (κ3) is 1.80. The first-order valence-corrected chi connectivity index (χ1v) is 5.46. The molecule has 2 heterocycles. The van der Waals surface area contributed by atoms with Gasteiger partial charge in [0.1, 0.15) is 6.61 Å². The standard InChI is InChI=1S/C10H8N4O5/c15-8-5-18-4-3-13(8)6-1-2-7(14(16)17)10-9(6)11-19-12-10/h1-2H,3-5H2. The first-order valence-electron chi connectivity index (χ1n) is 5.46. The molecule has 1 aliphatic rings. The normalized spacial score (nSPS) is 16.0. The minimum Gasteiger partial charge on any atom is -0.370 e. The van der Waals surface area contributed by atoms with Crippen LogP contribution in [0.5, 0.6) is 0 Å². The number of carbonyl (C=O) groups excluding carboxylic acids is 1. The van der Waals surface area contributed by atoms with Crippen molar-refractivity contribution < 1.29 is 19.1 Å². The lowest BCUT2D eigenvalue weighted by molar-refractivity contribution is -0.383. The Labute approximate surface area is 105 Å². The molecule has 1 amide bonds. The summed E-state index contributed by atoms with van der Waals surface area (Å²) in [7, 11) is 0. The van der Waals surface area contributed by atoms with Crippen LogP contribution in [0.2, 0.25) is 0 Å². The van der Waals surface area contributed by atoms with Crippen molar-refractivity contribution in [1.29, 1.82) is 0 Å². The number of aromatic nitrogens is 2. The highest BCUT2D eigenvalue weighted by atomic mass is 16.6. The summed E-state index contributed by atoms with van der Waals surface area (Å²) in [5.74, 6) is -0.232. The number of morpholine rings is 1. The first-order chi connectivity index (χ1) is 9.18. The van der Waals surface area contributed by atoms with E-state index < -0.39 is 4.92 Å². The van der Waals surface area contributed by atoms with E-state index in [9.17, 15) is 14.9 Å². The van der Waals surface area contributed by atoms with E-state index in [1.54, 1.807) is 0 Å². The van der Waals surface area contributed by atoms with Crippen molar-refractivity contribution in [2.24, 2.45) is 0 Å². The van der Waals surface area contributed by atoms with Crippen LogP contribution in [0.25, 0.3) is 11.0 Å². The molecule has 0 atom stereocenters. The van der Waals surface area contributed by atoms with Gasteiger partial charge in [0, 0.05) is 12.6 Å². The Morgan fingerprint density at radius 1 is 1.32 bits per heavy atom. The number of hydrogen-bond donors (Lipinski definition) is 0. The molecule has 1 aliphatic heterocycles. The summed E-state index contributed by atoms with van der Waals surface area (Å²) in [6.07, 6.45) is 0. The van der Waals surface area contributed by atoms with Crippen molar-refractivity contribution in [3.63, 3.8) is 0 Å². The summed E-state index contributed by atoms with van der Waals surface area (Å²) in [6.45, 7) is 0.734. The first kappa shape index (κ1) is 11.5. The van der Waals surface area contributed by atoms with Gasteiger partial charge < -0.3 is 9.64 Å². The van der Waals surface area contributed by atoms with Crippen molar-refractivity contribution >= 4 is 28.3 Å². The summed E-state index contributed by atoms with van der Waals surface area (Å²) in [5, 5.41) is 18.0. The second kappa shape index (κ2) is 4.28. The number of hydrogen-bond acceptors (Lipinski definition) is 7. The second-order valence-electron chi connectivity index (χ2n) is 3.92. The fourth-order valence-electron chi connectivity index (χ4n) is 1.98. The number of rotatable bonds is 2. The number of amides is 1. The van der Waals surface area contributed by atoms with Crippen LogP contribution in [-0.4, -0.2) is 40.9 Å². The van der Waals surface area contributed by atoms with Gasteiger partial charge in [-0.2, -0.15) is 0 Å². The molecule has 0 spiro atoms. The second-order valence-corrected chi connectivity index (χ2v) is 3.92. The highest BCUT2D eigenvalue weighted by molar-refractivity contribution is 6.03. The molecule has 3 rings (SSSR count). The maximum Gasteiger partial charge on any atom is 0.300 e. The van der Waals surface area contributed by atoms with Gasteiger partial charge in [-0.15, -0.1) is 0 Å². The molecule has 19 heavy (non-hydrogen) atoms. The molecular formula is C10H8N4O5. The Morgan fingerprint density at radius 2 is 2.11 bits per heavy atom. The number of anilines is 1. The average molecular weight is 264 g/mol. The van der Waals surface area contributed by atoms with Crippen LogP contribution in [0, 0.1) is 10.1 Å². The average Bonchev–Trinajstić information content (AvgIpc) is 2.87. The molecule has 2 aromatic rings. The van der Waals surface area contributed by atoms with Crippen LogP contribution in [0.1, 0.15) is 0 Å². The van der Waals surface area contributed by atoms with Gasteiger partial charge in [-0.1, -0.05) is 0 Å². The van der Waals surface area contributed by atoms with E-state index in [2.05, 4.69) is 14.9 Å². The van der Waals surface area contributed by atoms with E-state index in [1.807, 2.05) is 0 Å². The highest BCUT2D eigenvalue weighted by Crippen LogP contribution is 2.31. The largest absolute Gasteiger partial charge is 0.370 e. The Balaban J connectivity index is 2.15.